The van der Waals surface area contributed by atoms with E-state index in [0.717, 1.165) is 12.1 Å². The highest BCUT2D eigenvalue weighted by Crippen LogP contribution is 2.70. The molecule has 0 atom stereocenters. The molecule has 0 amide bonds. The summed E-state index contributed by atoms with van der Waals surface area (Å²) < 4.78 is 71.9. The summed E-state index contributed by atoms with van der Waals surface area (Å²) in [5.74, 6) is -0.0992. The Bertz CT molecular complexity index is 1360. The molecule has 4 aromatic carbocycles. The van der Waals surface area contributed by atoms with Gasteiger partial charge in [0.15, 0.2) is 0 Å². The summed E-state index contributed by atoms with van der Waals surface area (Å²) in [5, 5.41) is 19.7. The second kappa shape index (κ2) is 9.29. The molecule has 35 heavy (non-hydrogen) atoms. The number of hydrogen-bond acceptors (Lipinski definition) is 5. The first-order valence-electron chi connectivity index (χ1n) is 10.1. The molecular formula is C25H19F3O5S2. The minimum atomic E-state index is -4.62. The van der Waals surface area contributed by atoms with Gasteiger partial charge in [-0.15, -0.1) is 0 Å². The Balaban J connectivity index is 1.95. The van der Waals surface area contributed by atoms with Crippen molar-refractivity contribution >= 4 is 20.4 Å². The minimum Gasteiger partial charge on any atom is -0.508 e. The van der Waals surface area contributed by atoms with E-state index in [1.165, 1.54) is 48.5 Å². The van der Waals surface area contributed by atoms with Crippen molar-refractivity contribution in [1.29, 1.82) is 0 Å². The molecule has 0 spiro atoms. The number of rotatable bonds is 6. The van der Waals surface area contributed by atoms with Gasteiger partial charge in [0.2, 0.25) is 0 Å². The third-order valence-electron chi connectivity index (χ3n) is 5.07. The lowest BCUT2D eigenvalue weighted by molar-refractivity contribution is -0.137. The van der Waals surface area contributed by atoms with Crippen LogP contribution in [-0.2, 0) is 19.9 Å². The lowest BCUT2D eigenvalue weighted by atomic mass is 10.2. The normalized spacial score (nSPS) is 12.9. The molecule has 0 aliphatic rings. The van der Waals surface area contributed by atoms with Crippen molar-refractivity contribution < 1.29 is 35.4 Å². The Kier molecular flexibility index (Phi) is 6.54. The Hall–Kier alpha value is -3.47. The van der Waals surface area contributed by atoms with E-state index < -0.39 is 37.1 Å². The first-order valence-corrected chi connectivity index (χ1v) is 13.1. The van der Waals surface area contributed by atoms with Gasteiger partial charge >= 0.3 is 16.3 Å². The molecule has 2 N–H and O–H groups in total. The molecule has 182 valence electrons. The average Bonchev–Trinajstić information content (AvgIpc) is 2.84. The van der Waals surface area contributed by atoms with E-state index in [-0.39, 0.29) is 11.5 Å². The lowest BCUT2D eigenvalue weighted by Gasteiger charge is -2.39. The highest BCUT2D eigenvalue weighted by Gasteiger charge is 2.39. The minimum absolute atomic E-state index is 0.0496. The fourth-order valence-corrected chi connectivity index (χ4v) is 8.60. The molecule has 4 aromatic rings. The molecule has 0 fully saturated rings. The van der Waals surface area contributed by atoms with Crippen LogP contribution in [0.5, 0.6) is 11.5 Å². The molecule has 0 bridgehead atoms. The maximum Gasteiger partial charge on any atom is 0.416 e. The van der Waals surface area contributed by atoms with Gasteiger partial charge in [-0.1, -0.05) is 18.2 Å². The van der Waals surface area contributed by atoms with E-state index in [2.05, 4.69) is 0 Å². The van der Waals surface area contributed by atoms with Crippen molar-refractivity contribution in [2.24, 2.45) is 0 Å². The third-order valence-corrected chi connectivity index (χ3v) is 10.3. The first kappa shape index (κ1) is 24.6. The van der Waals surface area contributed by atoms with Crippen LogP contribution in [0.25, 0.3) is 0 Å². The topological polar surface area (TPSA) is 83.8 Å². The van der Waals surface area contributed by atoms with E-state index in [4.69, 9.17) is 3.63 Å². The summed E-state index contributed by atoms with van der Waals surface area (Å²) in [7, 11) is -7.64. The zero-order chi connectivity index (χ0) is 25.3. The number of phenols is 2. The monoisotopic (exact) mass is 520 g/mol. The number of aromatic hydroxyl groups is 2. The predicted molar refractivity (Wildman–Crippen MR) is 125 cm³/mol. The van der Waals surface area contributed by atoms with Gasteiger partial charge < -0.3 is 10.2 Å². The van der Waals surface area contributed by atoms with Crippen molar-refractivity contribution in [3.05, 3.63) is 109 Å². The van der Waals surface area contributed by atoms with Crippen LogP contribution in [0.15, 0.2) is 123 Å². The second-order valence-electron chi connectivity index (χ2n) is 7.40. The van der Waals surface area contributed by atoms with E-state index in [0.29, 0.717) is 26.8 Å². The number of phenolic OH excluding ortho intramolecular Hbond substituents is 2. The summed E-state index contributed by atoms with van der Waals surface area (Å²) in [5.41, 5.74) is -0.991. The fourth-order valence-electron chi connectivity index (χ4n) is 3.40. The molecule has 10 heteroatoms. The molecule has 0 saturated carbocycles. The van der Waals surface area contributed by atoms with E-state index in [1.807, 2.05) is 0 Å². The Morgan fingerprint density at radius 2 is 0.971 bits per heavy atom. The highest BCUT2D eigenvalue weighted by molar-refractivity contribution is 8.33. The third kappa shape index (κ3) is 5.00. The number of hydrogen-bond donors (Lipinski definition) is 2. The molecule has 0 heterocycles. The van der Waals surface area contributed by atoms with Gasteiger partial charge in [0.25, 0.3) is 0 Å². The van der Waals surface area contributed by atoms with Crippen LogP contribution in [0.1, 0.15) is 5.56 Å². The zero-order valence-electron chi connectivity index (χ0n) is 17.9. The van der Waals surface area contributed by atoms with Crippen LogP contribution >= 0.6 is 10.3 Å². The summed E-state index contributed by atoms with van der Waals surface area (Å²) >= 11 is 0. The van der Waals surface area contributed by atoms with Gasteiger partial charge in [-0.25, -0.2) is 3.63 Å². The van der Waals surface area contributed by atoms with Crippen LogP contribution < -0.4 is 0 Å². The van der Waals surface area contributed by atoms with E-state index >= 15 is 0 Å². The maximum absolute atomic E-state index is 13.5. The van der Waals surface area contributed by atoms with Crippen LogP contribution in [0.2, 0.25) is 0 Å². The summed E-state index contributed by atoms with van der Waals surface area (Å²) in [6.07, 6.45) is -4.62. The molecule has 0 saturated heterocycles. The molecule has 4 rings (SSSR count). The Morgan fingerprint density at radius 3 is 1.40 bits per heavy atom. The smallest absolute Gasteiger partial charge is 0.416 e. The van der Waals surface area contributed by atoms with Crippen LogP contribution in [0, 0.1) is 0 Å². The molecule has 0 aromatic heterocycles. The maximum atomic E-state index is 13.5. The summed E-state index contributed by atoms with van der Waals surface area (Å²) in [6.45, 7) is 0. The molecular weight excluding hydrogens is 501 g/mol. The SMILES string of the molecule is O=S(=O)(OS(c1ccccc1)(c1ccc(O)cc1)c1ccc(O)cc1)c1ccc(C(F)(F)F)cc1. The quantitative estimate of drug-likeness (QED) is 0.295. The van der Waals surface area contributed by atoms with Crippen molar-refractivity contribution in [3.63, 3.8) is 0 Å². The van der Waals surface area contributed by atoms with Crippen LogP contribution in [0.3, 0.4) is 0 Å². The van der Waals surface area contributed by atoms with Crippen molar-refractivity contribution in [2.45, 2.75) is 25.8 Å². The van der Waals surface area contributed by atoms with Crippen LogP contribution in [-0.4, -0.2) is 18.6 Å². The Labute approximate surface area is 201 Å². The first-order chi connectivity index (χ1) is 16.5. The van der Waals surface area contributed by atoms with Gasteiger partial charge in [-0.05, 0) is 95.2 Å². The van der Waals surface area contributed by atoms with Gasteiger partial charge in [0, 0.05) is 14.7 Å². The van der Waals surface area contributed by atoms with Crippen molar-refractivity contribution in [2.75, 3.05) is 0 Å². The molecule has 0 radical (unpaired) electrons. The number of benzene rings is 4. The van der Waals surface area contributed by atoms with Crippen molar-refractivity contribution in [3.8, 4) is 11.5 Å². The van der Waals surface area contributed by atoms with Gasteiger partial charge in [0.1, 0.15) is 11.5 Å². The molecule has 0 unspecified atom stereocenters. The zero-order valence-corrected chi connectivity index (χ0v) is 19.5. The predicted octanol–water partition coefficient (Wildman–Crippen LogP) is 6.72. The average molecular weight is 521 g/mol. The Morgan fingerprint density at radius 1 is 0.571 bits per heavy atom. The standard InChI is InChI=1S/C25H19F3O5S2/c26-25(27,28)18-6-12-24(13-7-18)35(31,32)33-34(21-4-2-1-3-5-21,22-14-8-19(29)9-15-22)23-16-10-20(30)11-17-23/h1-17,29-30H. The largest absolute Gasteiger partial charge is 0.508 e. The summed E-state index contributed by atoms with van der Waals surface area (Å²) in [4.78, 5) is 0.841. The van der Waals surface area contributed by atoms with Gasteiger partial charge in [-0.3, -0.25) is 0 Å². The van der Waals surface area contributed by atoms with Crippen molar-refractivity contribution in [1.82, 2.24) is 0 Å². The fraction of sp³-hybridized carbons (Fsp3) is 0.0400. The number of halogens is 3. The van der Waals surface area contributed by atoms with E-state index in [9.17, 15) is 31.8 Å². The summed E-state index contributed by atoms with van der Waals surface area (Å²) in [6, 6.07) is 23.2. The molecule has 0 aliphatic carbocycles. The lowest BCUT2D eigenvalue weighted by Crippen LogP contribution is -2.15. The second-order valence-corrected chi connectivity index (χ2v) is 11.9. The highest BCUT2D eigenvalue weighted by atomic mass is 32.3. The number of alkyl halides is 3. The molecule has 0 aliphatic heterocycles. The van der Waals surface area contributed by atoms with Gasteiger partial charge in [0.05, 0.1) is 10.5 Å². The molecule has 5 nitrogen and oxygen atoms in total. The van der Waals surface area contributed by atoms with Gasteiger partial charge in [-0.2, -0.15) is 21.6 Å². The van der Waals surface area contributed by atoms with E-state index in [1.54, 1.807) is 30.3 Å². The van der Waals surface area contributed by atoms with Crippen LogP contribution in [0.4, 0.5) is 13.2 Å².